The molecule has 3 nitrogen and oxygen atoms in total. The van der Waals surface area contributed by atoms with Gasteiger partial charge in [-0.1, -0.05) is 18.2 Å². The molecule has 1 N–H and O–H groups in total. The van der Waals surface area contributed by atoms with Crippen molar-refractivity contribution >= 4 is 22.6 Å². The smallest absolute Gasteiger partial charge is 0.228 e. The van der Waals surface area contributed by atoms with Crippen molar-refractivity contribution in [3.05, 3.63) is 65.2 Å². The molecule has 0 unspecified atom stereocenters. The third-order valence-electron chi connectivity index (χ3n) is 3.62. The predicted octanol–water partition coefficient (Wildman–Crippen LogP) is 4.37. The number of amides is 1. The number of carbonyl (C=O) groups excluding carboxylic acids is 1. The summed E-state index contributed by atoms with van der Waals surface area (Å²) in [5.41, 5.74) is 3.70. The number of hydrogen-bond acceptors (Lipinski definition) is 2. The highest BCUT2D eigenvalue weighted by atomic mass is 19.1. The molecule has 0 aliphatic carbocycles. The summed E-state index contributed by atoms with van der Waals surface area (Å²) < 4.78 is 19.0. The number of hydrogen-bond donors (Lipinski definition) is 1. The van der Waals surface area contributed by atoms with E-state index in [-0.39, 0.29) is 18.1 Å². The second kappa shape index (κ2) is 5.64. The minimum atomic E-state index is -0.331. The molecule has 1 aromatic heterocycles. The molecule has 0 spiro atoms. The Bertz CT molecular complexity index is 851. The van der Waals surface area contributed by atoms with Gasteiger partial charge in [-0.15, -0.1) is 0 Å². The average Bonchev–Trinajstić information content (AvgIpc) is 2.85. The third-order valence-corrected chi connectivity index (χ3v) is 3.62. The summed E-state index contributed by atoms with van der Waals surface area (Å²) in [6.45, 7) is 3.67. The van der Waals surface area contributed by atoms with Gasteiger partial charge in [0.1, 0.15) is 11.4 Å². The Morgan fingerprint density at radius 3 is 2.77 bits per heavy atom. The van der Waals surface area contributed by atoms with E-state index in [0.717, 1.165) is 22.1 Å². The zero-order chi connectivity index (χ0) is 15.7. The highest BCUT2D eigenvalue weighted by Gasteiger charge is 2.11. The Morgan fingerprint density at radius 2 is 2.00 bits per heavy atom. The van der Waals surface area contributed by atoms with Crippen LogP contribution in [0, 0.1) is 19.7 Å². The van der Waals surface area contributed by atoms with Crippen molar-refractivity contribution in [3.8, 4) is 0 Å². The molecule has 3 aromatic rings. The number of furan rings is 1. The number of nitrogens with one attached hydrogen (secondary N) is 1. The molecule has 0 radical (unpaired) electrons. The van der Waals surface area contributed by atoms with Gasteiger partial charge in [-0.2, -0.15) is 0 Å². The molecule has 1 amide bonds. The van der Waals surface area contributed by atoms with Gasteiger partial charge < -0.3 is 9.73 Å². The maximum atomic E-state index is 13.5. The zero-order valence-electron chi connectivity index (χ0n) is 12.4. The van der Waals surface area contributed by atoms with Crippen molar-refractivity contribution in [1.29, 1.82) is 0 Å². The molecule has 1 heterocycles. The fourth-order valence-corrected chi connectivity index (χ4v) is 2.38. The van der Waals surface area contributed by atoms with Gasteiger partial charge >= 0.3 is 0 Å². The van der Waals surface area contributed by atoms with Crippen LogP contribution in [0.1, 0.15) is 16.7 Å². The van der Waals surface area contributed by atoms with Gasteiger partial charge in [0.15, 0.2) is 0 Å². The van der Waals surface area contributed by atoms with Crippen LogP contribution in [-0.2, 0) is 11.2 Å². The highest BCUT2D eigenvalue weighted by molar-refractivity contribution is 5.95. The monoisotopic (exact) mass is 297 g/mol. The van der Waals surface area contributed by atoms with Gasteiger partial charge in [-0.05, 0) is 43.2 Å². The van der Waals surface area contributed by atoms with Crippen molar-refractivity contribution in [3.63, 3.8) is 0 Å². The molecule has 0 saturated heterocycles. The molecule has 0 saturated carbocycles. The molecule has 22 heavy (non-hydrogen) atoms. The second-order valence-corrected chi connectivity index (χ2v) is 5.45. The van der Waals surface area contributed by atoms with Crippen molar-refractivity contribution in [1.82, 2.24) is 0 Å². The van der Waals surface area contributed by atoms with Crippen molar-refractivity contribution < 1.29 is 13.6 Å². The normalized spacial score (nSPS) is 10.9. The maximum Gasteiger partial charge on any atom is 0.228 e. The minimum Gasteiger partial charge on any atom is -0.464 e. The molecule has 112 valence electrons. The topological polar surface area (TPSA) is 42.2 Å². The van der Waals surface area contributed by atoms with Crippen LogP contribution >= 0.6 is 0 Å². The van der Waals surface area contributed by atoms with Crippen LogP contribution in [0.4, 0.5) is 10.1 Å². The molecule has 0 bridgehead atoms. The van der Waals surface area contributed by atoms with E-state index in [0.29, 0.717) is 11.3 Å². The van der Waals surface area contributed by atoms with Crippen LogP contribution < -0.4 is 5.32 Å². The van der Waals surface area contributed by atoms with Crippen LogP contribution in [0.5, 0.6) is 0 Å². The first-order valence-corrected chi connectivity index (χ1v) is 7.05. The number of benzene rings is 2. The molecular weight excluding hydrogens is 281 g/mol. The summed E-state index contributed by atoms with van der Waals surface area (Å²) in [4.78, 5) is 12.1. The number of anilines is 1. The van der Waals surface area contributed by atoms with Crippen LogP contribution in [0.15, 0.2) is 47.1 Å². The highest BCUT2D eigenvalue weighted by Crippen LogP contribution is 2.23. The van der Waals surface area contributed by atoms with E-state index in [1.54, 1.807) is 25.3 Å². The van der Waals surface area contributed by atoms with Crippen LogP contribution in [0.3, 0.4) is 0 Å². The Hall–Kier alpha value is -2.62. The number of aryl methyl sites for hydroxylation is 2. The van der Waals surface area contributed by atoms with Crippen molar-refractivity contribution in [2.75, 3.05) is 5.32 Å². The van der Waals surface area contributed by atoms with Gasteiger partial charge in [0.2, 0.25) is 5.91 Å². The van der Waals surface area contributed by atoms with Crippen LogP contribution in [0.2, 0.25) is 0 Å². The van der Waals surface area contributed by atoms with Crippen LogP contribution in [0.25, 0.3) is 11.0 Å². The summed E-state index contributed by atoms with van der Waals surface area (Å²) in [5, 5.41) is 3.63. The van der Waals surface area contributed by atoms with E-state index in [9.17, 15) is 9.18 Å². The molecule has 0 aliphatic heterocycles. The molecule has 4 heteroatoms. The van der Waals surface area contributed by atoms with E-state index in [4.69, 9.17) is 4.42 Å². The summed E-state index contributed by atoms with van der Waals surface area (Å²) in [5.74, 6) is -0.534. The molecule has 0 atom stereocenters. The average molecular weight is 297 g/mol. The van der Waals surface area contributed by atoms with Crippen molar-refractivity contribution in [2.24, 2.45) is 0 Å². The number of halogens is 1. The first-order valence-electron chi connectivity index (χ1n) is 7.05. The lowest BCUT2D eigenvalue weighted by atomic mass is 10.1. The molecule has 0 fully saturated rings. The number of carbonyl (C=O) groups is 1. The van der Waals surface area contributed by atoms with Gasteiger partial charge in [0.25, 0.3) is 0 Å². The maximum absolute atomic E-state index is 13.5. The summed E-state index contributed by atoms with van der Waals surface area (Å²) in [7, 11) is 0. The van der Waals surface area contributed by atoms with Gasteiger partial charge in [-0.25, -0.2) is 4.39 Å². The Labute approximate surface area is 127 Å². The molecule has 0 aliphatic rings. The zero-order valence-corrected chi connectivity index (χ0v) is 12.4. The van der Waals surface area contributed by atoms with E-state index in [1.807, 2.05) is 25.1 Å². The van der Waals surface area contributed by atoms with E-state index in [2.05, 4.69) is 5.32 Å². The number of rotatable bonds is 3. The predicted molar refractivity (Wildman–Crippen MR) is 84.4 cm³/mol. The second-order valence-electron chi connectivity index (χ2n) is 5.45. The van der Waals surface area contributed by atoms with Gasteiger partial charge in [-0.3, -0.25) is 4.79 Å². The van der Waals surface area contributed by atoms with Gasteiger partial charge in [0.05, 0.1) is 12.7 Å². The number of fused-ring (bicyclic) bond motifs is 1. The summed E-state index contributed by atoms with van der Waals surface area (Å²) in [6, 6.07) is 10.5. The van der Waals surface area contributed by atoms with Crippen LogP contribution in [-0.4, -0.2) is 5.91 Å². The lowest BCUT2D eigenvalue weighted by Crippen LogP contribution is -2.14. The van der Waals surface area contributed by atoms with E-state index in [1.165, 1.54) is 6.07 Å². The van der Waals surface area contributed by atoms with Crippen molar-refractivity contribution in [2.45, 2.75) is 20.3 Å². The van der Waals surface area contributed by atoms with Gasteiger partial charge in [0, 0.05) is 16.6 Å². The lowest BCUT2D eigenvalue weighted by molar-refractivity contribution is -0.115. The quantitative estimate of drug-likeness (QED) is 0.780. The summed E-state index contributed by atoms with van der Waals surface area (Å²) >= 11 is 0. The SMILES string of the molecule is Cc1ccc2c(CC(=O)Nc3ccc(C)c(F)c3)coc2c1. The first kappa shape index (κ1) is 14.3. The standard InChI is InChI=1S/C18H16FNO2/c1-11-3-6-15-13(10-22-17(15)7-11)8-18(21)20-14-5-4-12(2)16(19)9-14/h3-7,9-10H,8H2,1-2H3,(H,20,21). The lowest BCUT2D eigenvalue weighted by Gasteiger charge is -2.06. The molecule has 3 rings (SSSR count). The van der Waals surface area contributed by atoms with E-state index < -0.39 is 0 Å². The Balaban J connectivity index is 1.76. The van der Waals surface area contributed by atoms with E-state index >= 15 is 0 Å². The third kappa shape index (κ3) is 2.86. The fourth-order valence-electron chi connectivity index (χ4n) is 2.38. The first-order chi connectivity index (χ1) is 10.5. The molecular formula is C18H16FNO2. The fraction of sp³-hybridized carbons (Fsp3) is 0.167. The molecule has 2 aromatic carbocycles. The minimum absolute atomic E-state index is 0.186. The summed E-state index contributed by atoms with van der Waals surface area (Å²) in [6.07, 6.45) is 1.78. The largest absolute Gasteiger partial charge is 0.464 e. The Kier molecular flexibility index (Phi) is 3.67. The Morgan fingerprint density at radius 1 is 1.18 bits per heavy atom.